The van der Waals surface area contributed by atoms with Gasteiger partial charge < -0.3 is 5.11 Å². The zero-order chi connectivity index (χ0) is 12.4. The van der Waals surface area contributed by atoms with Crippen LogP contribution in [0.25, 0.3) is 10.8 Å². The Morgan fingerprint density at radius 3 is 2.47 bits per heavy atom. The van der Waals surface area contributed by atoms with Crippen LogP contribution in [-0.2, 0) is 4.79 Å². The van der Waals surface area contributed by atoms with E-state index in [1.54, 1.807) is 0 Å². The van der Waals surface area contributed by atoms with Crippen molar-refractivity contribution in [1.29, 1.82) is 0 Å². The van der Waals surface area contributed by atoms with Crippen LogP contribution in [0.3, 0.4) is 0 Å². The molecule has 2 aromatic rings. The summed E-state index contributed by atoms with van der Waals surface area (Å²) >= 11 is 0. The first kappa shape index (κ1) is 11.4. The van der Waals surface area contributed by atoms with Crippen molar-refractivity contribution in [2.24, 2.45) is 0 Å². The molecule has 1 atom stereocenters. The van der Waals surface area contributed by atoms with E-state index < -0.39 is 5.97 Å². The van der Waals surface area contributed by atoms with Gasteiger partial charge in [-0.15, -0.1) is 0 Å². The second-order valence-electron chi connectivity index (χ2n) is 4.16. The number of fused-ring (bicyclic) bond motifs is 1. The number of carbonyl (C=O) groups is 1. The molecule has 0 spiro atoms. The van der Waals surface area contributed by atoms with E-state index in [0.717, 1.165) is 16.3 Å². The summed E-state index contributed by atoms with van der Waals surface area (Å²) in [6.45, 7) is 5.47. The van der Waals surface area contributed by atoms with E-state index in [1.165, 1.54) is 0 Å². The first-order chi connectivity index (χ1) is 8.09. The second kappa shape index (κ2) is 4.42. The summed E-state index contributed by atoms with van der Waals surface area (Å²) in [5.74, 6) is -1.11. The van der Waals surface area contributed by atoms with Gasteiger partial charge in [-0.3, -0.25) is 0 Å². The monoisotopic (exact) mass is 226 g/mol. The number of carboxylic acids is 1. The fraction of sp³-hybridized carbons (Fsp3) is 0.133. The molecule has 0 aromatic heterocycles. The first-order valence-electron chi connectivity index (χ1n) is 5.50. The van der Waals surface area contributed by atoms with E-state index in [0.29, 0.717) is 0 Å². The molecule has 1 N–H and O–H groups in total. The molecule has 0 radical (unpaired) electrons. The van der Waals surface area contributed by atoms with Crippen LogP contribution in [-0.4, -0.2) is 11.1 Å². The van der Waals surface area contributed by atoms with Crippen molar-refractivity contribution in [3.05, 3.63) is 60.2 Å². The summed E-state index contributed by atoms with van der Waals surface area (Å²) in [4.78, 5) is 10.9. The molecule has 0 aliphatic heterocycles. The SMILES string of the molecule is C=C(C(=O)O)C(C)c1ccc2ccccc2c1. The lowest BCUT2D eigenvalue weighted by atomic mass is 9.92. The van der Waals surface area contributed by atoms with Crippen LogP contribution in [0.2, 0.25) is 0 Å². The van der Waals surface area contributed by atoms with E-state index in [1.807, 2.05) is 49.4 Å². The van der Waals surface area contributed by atoms with Gasteiger partial charge in [0.15, 0.2) is 0 Å². The van der Waals surface area contributed by atoms with Gasteiger partial charge in [0, 0.05) is 11.5 Å². The van der Waals surface area contributed by atoms with Crippen LogP contribution in [0.5, 0.6) is 0 Å². The molecular weight excluding hydrogens is 212 g/mol. The van der Waals surface area contributed by atoms with E-state index in [-0.39, 0.29) is 11.5 Å². The van der Waals surface area contributed by atoms with Crippen molar-refractivity contribution in [2.75, 3.05) is 0 Å². The lowest BCUT2D eigenvalue weighted by Crippen LogP contribution is -2.07. The van der Waals surface area contributed by atoms with Crippen molar-refractivity contribution < 1.29 is 9.90 Å². The second-order valence-corrected chi connectivity index (χ2v) is 4.16. The van der Waals surface area contributed by atoms with Crippen LogP contribution in [0, 0.1) is 0 Å². The lowest BCUT2D eigenvalue weighted by molar-refractivity contribution is -0.132. The van der Waals surface area contributed by atoms with Crippen molar-refractivity contribution in [3.8, 4) is 0 Å². The molecule has 17 heavy (non-hydrogen) atoms. The zero-order valence-electron chi connectivity index (χ0n) is 9.68. The molecule has 2 rings (SSSR count). The quantitative estimate of drug-likeness (QED) is 0.812. The Hall–Kier alpha value is -2.09. The third kappa shape index (κ3) is 2.21. The van der Waals surface area contributed by atoms with Crippen molar-refractivity contribution in [3.63, 3.8) is 0 Å². The molecule has 0 saturated carbocycles. The molecule has 2 heteroatoms. The largest absolute Gasteiger partial charge is 0.478 e. The molecule has 0 amide bonds. The zero-order valence-corrected chi connectivity index (χ0v) is 9.68. The fourth-order valence-corrected chi connectivity index (χ4v) is 1.86. The van der Waals surface area contributed by atoms with Crippen LogP contribution in [0.4, 0.5) is 0 Å². The number of hydrogen-bond acceptors (Lipinski definition) is 1. The van der Waals surface area contributed by atoms with Gasteiger partial charge in [-0.1, -0.05) is 56.0 Å². The molecule has 0 saturated heterocycles. The van der Waals surface area contributed by atoms with E-state index in [2.05, 4.69) is 6.58 Å². The standard InChI is InChI=1S/C15H14O2/c1-10(11(2)15(16)17)13-8-7-12-5-3-4-6-14(12)9-13/h3-10H,2H2,1H3,(H,16,17). The van der Waals surface area contributed by atoms with Gasteiger partial charge in [0.1, 0.15) is 0 Å². The molecule has 86 valence electrons. The summed E-state index contributed by atoms with van der Waals surface area (Å²) in [6.07, 6.45) is 0. The highest BCUT2D eigenvalue weighted by Gasteiger charge is 2.15. The molecule has 0 bridgehead atoms. The lowest BCUT2D eigenvalue weighted by Gasteiger charge is -2.12. The molecule has 0 aliphatic carbocycles. The first-order valence-corrected chi connectivity index (χ1v) is 5.50. The summed E-state index contributed by atoms with van der Waals surface area (Å²) in [6, 6.07) is 14.0. The third-order valence-electron chi connectivity index (χ3n) is 3.07. The van der Waals surface area contributed by atoms with E-state index in [4.69, 9.17) is 5.11 Å². The Morgan fingerprint density at radius 1 is 1.18 bits per heavy atom. The minimum Gasteiger partial charge on any atom is -0.478 e. The average molecular weight is 226 g/mol. The van der Waals surface area contributed by atoms with Crippen LogP contribution in [0.15, 0.2) is 54.6 Å². The molecule has 1 unspecified atom stereocenters. The maximum Gasteiger partial charge on any atom is 0.331 e. The van der Waals surface area contributed by atoms with Gasteiger partial charge in [-0.2, -0.15) is 0 Å². The molecular formula is C15H14O2. The Morgan fingerprint density at radius 2 is 1.82 bits per heavy atom. The fourth-order valence-electron chi connectivity index (χ4n) is 1.86. The van der Waals surface area contributed by atoms with E-state index >= 15 is 0 Å². The van der Waals surface area contributed by atoms with Gasteiger partial charge in [0.25, 0.3) is 0 Å². The Balaban J connectivity index is 2.43. The highest BCUT2D eigenvalue weighted by Crippen LogP contribution is 2.26. The van der Waals surface area contributed by atoms with Crippen molar-refractivity contribution in [1.82, 2.24) is 0 Å². The highest BCUT2D eigenvalue weighted by molar-refractivity contribution is 5.88. The van der Waals surface area contributed by atoms with Crippen LogP contribution < -0.4 is 0 Å². The Labute approximate surface area is 100 Å². The number of carboxylic acid groups (broad SMARTS) is 1. The summed E-state index contributed by atoms with van der Waals surface area (Å²) in [5.41, 5.74) is 1.20. The summed E-state index contributed by atoms with van der Waals surface area (Å²) < 4.78 is 0. The average Bonchev–Trinajstić information content (AvgIpc) is 2.36. The topological polar surface area (TPSA) is 37.3 Å². The van der Waals surface area contributed by atoms with Crippen LogP contribution >= 0.6 is 0 Å². The number of aliphatic carboxylic acids is 1. The Kier molecular flexibility index (Phi) is 2.96. The Bertz CT molecular complexity index is 584. The number of hydrogen-bond donors (Lipinski definition) is 1. The minimum absolute atomic E-state index is 0.169. The van der Waals surface area contributed by atoms with Gasteiger partial charge in [-0.25, -0.2) is 4.79 Å². The van der Waals surface area contributed by atoms with Gasteiger partial charge >= 0.3 is 5.97 Å². The molecule has 0 aliphatic rings. The van der Waals surface area contributed by atoms with Gasteiger partial charge in [0.05, 0.1) is 0 Å². The predicted molar refractivity (Wildman–Crippen MR) is 69.1 cm³/mol. The summed E-state index contributed by atoms with van der Waals surface area (Å²) in [7, 11) is 0. The minimum atomic E-state index is -0.939. The molecule has 2 nitrogen and oxygen atoms in total. The normalized spacial score (nSPS) is 12.3. The molecule has 0 heterocycles. The van der Waals surface area contributed by atoms with Gasteiger partial charge in [-0.05, 0) is 16.3 Å². The van der Waals surface area contributed by atoms with Crippen LogP contribution in [0.1, 0.15) is 18.4 Å². The third-order valence-corrected chi connectivity index (χ3v) is 3.07. The molecule has 2 aromatic carbocycles. The predicted octanol–water partition coefficient (Wildman–Crippen LogP) is 3.58. The molecule has 0 fully saturated rings. The summed E-state index contributed by atoms with van der Waals surface area (Å²) in [5, 5.41) is 11.2. The number of rotatable bonds is 3. The van der Waals surface area contributed by atoms with Crippen molar-refractivity contribution >= 4 is 16.7 Å². The maximum absolute atomic E-state index is 10.9. The number of benzene rings is 2. The van der Waals surface area contributed by atoms with E-state index in [9.17, 15) is 4.79 Å². The smallest absolute Gasteiger partial charge is 0.331 e. The maximum atomic E-state index is 10.9. The van der Waals surface area contributed by atoms with Gasteiger partial charge in [0.2, 0.25) is 0 Å². The van der Waals surface area contributed by atoms with Crippen molar-refractivity contribution in [2.45, 2.75) is 12.8 Å². The highest BCUT2D eigenvalue weighted by atomic mass is 16.4.